The summed E-state index contributed by atoms with van der Waals surface area (Å²) in [4.78, 5) is 50.5. The van der Waals surface area contributed by atoms with Crippen LogP contribution in [0.3, 0.4) is 0 Å². The van der Waals surface area contributed by atoms with Crippen LogP contribution in [-0.4, -0.2) is 80.0 Å². The molecule has 0 saturated carbocycles. The highest BCUT2D eigenvalue weighted by atomic mass is 16.5. The molecular formula is C22H31N5O5. The number of carbonyl (C=O) groups is 4. The Morgan fingerprint density at radius 2 is 1.88 bits per heavy atom. The van der Waals surface area contributed by atoms with Gasteiger partial charge in [0.2, 0.25) is 11.8 Å². The van der Waals surface area contributed by atoms with Crippen LogP contribution in [0.1, 0.15) is 18.4 Å². The van der Waals surface area contributed by atoms with Crippen molar-refractivity contribution in [2.24, 2.45) is 0 Å². The number of fused-ring (bicyclic) bond motifs is 1. The first kappa shape index (κ1) is 26.5. The number of esters is 1. The number of ketones is 1. The Balaban J connectivity index is 0.000000416. The van der Waals surface area contributed by atoms with Gasteiger partial charge in [-0.2, -0.15) is 0 Å². The number of ether oxygens (including phenoxy) is 1. The zero-order valence-corrected chi connectivity index (χ0v) is 18.9. The highest BCUT2D eigenvalue weighted by Gasteiger charge is 2.22. The molecule has 1 aromatic heterocycles. The quantitative estimate of drug-likeness (QED) is 0.314. The predicted octanol–water partition coefficient (Wildman–Crippen LogP) is 0.797. The van der Waals surface area contributed by atoms with Gasteiger partial charge in [0.05, 0.1) is 26.4 Å². The number of aromatic amines is 1. The maximum absolute atomic E-state index is 11.7. The van der Waals surface area contributed by atoms with Gasteiger partial charge in [0, 0.05) is 23.5 Å². The fourth-order valence-corrected chi connectivity index (χ4v) is 2.73. The molecule has 0 aliphatic heterocycles. The molecule has 0 saturated heterocycles. The van der Waals surface area contributed by atoms with Crippen molar-refractivity contribution in [3.8, 4) is 0 Å². The Morgan fingerprint density at radius 1 is 1.19 bits per heavy atom. The van der Waals surface area contributed by atoms with Crippen LogP contribution in [0.25, 0.3) is 10.9 Å². The third kappa shape index (κ3) is 9.52. The van der Waals surface area contributed by atoms with Gasteiger partial charge in [-0.15, -0.1) is 0 Å². The molecular weight excluding hydrogens is 414 g/mol. The summed E-state index contributed by atoms with van der Waals surface area (Å²) in [7, 11) is 4.60. The van der Waals surface area contributed by atoms with Gasteiger partial charge in [0.15, 0.2) is 5.78 Å². The van der Waals surface area contributed by atoms with Crippen LogP contribution in [0.4, 0.5) is 0 Å². The second-order valence-corrected chi connectivity index (χ2v) is 7.32. The van der Waals surface area contributed by atoms with Gasteiger partial charge in [-0.3, -0.25) is 14.4 Å². The zero-order valence-electron chi connectivity index (χ0n) is 18.9. The molecule has 2 aromatic rings. The van der Waals surface area contributed by atoms with Crippen molar-refractivity contribution in [1.82, 2.24) is 20.5 Å². The average molecular weight is 446 g/mol. The highest BCUT2D eigenvalue weighted by Crippen LogP contribution is 2.15. The lowest BCUT2D eigenvalue weighted by molar-refractivity contribution is -0.145. The number of para-hydroxylation sites is 1. The summed E-state index contributed by atoms with van der Waals surface area (Å²) in [6.45, 7) is 1.97. The number of methoxy groups -OCH3 is 1. The summed E-state index contributed by atoms with van der Waals surface area (Å²) in [5, 5.41) is 12.9. The molecule has 10 nitrogen and oxygen atoms in total. The zero-order chi connectivity index (χ0) is 24.1. The van der Waals surface area contributed by atoms with E-state index in [2.05, 4.69) is 45.5 Å². The van der Waals surface area contributed by atoms with Crippen molar-refractivity contribution in [3.05, 3.63) is 36.0 Å². The van der Waals surface area contributed by atoms with Crippen molar-refractivity contribution in [1.29, 1.82) is 5.41 Å². The van der Waals surface area contributed by atoms with E-state index in [1.54, 1.807) is 19.0 Å². The lowest BCUT2D eigenvalue weighted by atomic mass is 10.1. The molecule has 174 valence electrons. The lowest BCUT2D eigenvalue weighted by Gasteiger charge is -2.16. The number of hydrogen-bond donors (Lipinski definition) is 4. The van der Waals surface area contributed by atoms with E-state index in [9.17, 15) is 19.2 Å². The van der Waals surface area contributed by atoms with Gasteiger partial charge in [-0.25, -0.2) is 4.79 Å². The number of nitrogens with one attached hydrogen (secondary N) is 4. The smallest absolute Gasteiger partial charge is 0.328 e. The van der Waals surface area contributed by atoms with Gasteiger partial charge in [0.25, 0.3) is 0 Å². The minimum absolute atomic E-state index is 0.0261. The van der Waals surface area contributed by atoms with Crippen LogP contribution in [-0.2, 0) is 23.9 Å². The average Bonchev–Trinajstić information content (AvgIpc) is 3.15. The molecule has 2 amide bonds. The molecule has 10 heteroatoms. The molecule has 1 unspecified atom stereocenters. The summed E-state index contributed by atoms with van der Waals surface area (Å²) in [5.41, 5.74) is 2.54. The Kier molecular flexibility index (Phi) is 11.4. The van der Waals surface area contributed by atoms with Crippen molar-refractivity contribution in [3.63, 3.8) is 0 Å². The number of benzene rings is 1. The number of H-pyrrole nitrogens is 1. The van der Waals surface area contributed by atoms with Gasteiger partial charge < -0.3 is 30.7 Å². The largest absolute Gasteiger partial charge is 0.467 e. The van der Waals surface area contributed by atoms with E-state index in [1.165, 1.54) is 23.6 Å². The topological polar surface area (TPSA) is 144 Å². The molecule has 1 heterocycles. The van der Waals surface area contributed by atoms with Crippen LogP contribution in [0.15, 0.2) is 30.5 Å². The Labute approximate surface area is 187 Å². The van der Waals surface area contributed by atoms with Gasteiger partial charge >= 0.3 is 5.97 Å². The summed E-state index contributed by atoms with van der Waals surface area (Å²) < 4.78 is 4.54. The van der Waals surface area contributed by atoms with Crippen LogP contribution in [0.5, 0.6) is 0 Å². The highest BCUT2D eigenvalue weighted by molar-refractivity contribution is 6.26. The molecule has 0 aliphatic rings. The lowest BCUT2D eigenvalue weighted by Crippen LogP contribution is -2.47. The molecule has 0 spiro atoms. The van der Waals surface area contributed by atoms with Crippen molar-refractivity contribution in [2.75, 3.05) is 34.3 Å². The molecule has 32 heavy (non-hydrogen) atoms. The van der Waals surface area contributed by atoms with E-state index in [0.717, 1.165) is 0 Å². The molecule has 1 atom stereocenters. The molecule has 1 aromatic carbocycles. The number of likely N-dealkylation sites (N-methyl/N-ethyl adjacent to an activating group) is 1. The fourth-order valence-electron chi connectivity index (χ4n) is 2.73. The second-order valence-electron chi connectivity index (χ2n) is 7.32. The number of rotatable bonds is 10. The van der Waals surface area contributed by atoms with Gasteiger partial charge in [-0.1, -0.05) is 18.2 Å². The molecule has 0 radical (unpaired) electrons. The van der Waals surface area contributed by atoms with Crippen molar-refractivity contribution >= 4 is 40.7 Å². The summed E-state index contributed by atoms with van der Waals surface area (Å²) in [6, 6.07) is 7.32. The van der Waals surface area contributed by atoms with Crippen molar-refractivity contribution in [2.45, 2.75) is 25.8 Å². The first-order chi connectivity index (χ1) is 15.2. The number of Topliss-reactive ketones (excluding diaryl/α,β-unsaturated/α-hetero) is 1. The second kappa shape index (κ2) is 13.7. The molecule has 0 fully saturated rings. The third-order valence-electron chi connectivity index (χ3n) is 4.36. The maximum atomic E-state index is 11.7. The minimum atomic E-state index is -0.993. The van der Waals surface area contributed by atoms with Gasteiger partial charge in [0.1, 0.15) is 6.04 Å². The van der Waals surface area contributed by atoms with Crippen molar-refractivity contribution < 1.29 is 23.9 Å². The van der Waals surface area contributed by atoms with E-state index in [0.29, 0.717) is 6.21 Å². The summed E-state index contributed by atoms with van der Waals surface area (Å²) in [6.07, 6.45) is 2.65. The number of amides is 2. The first-order valence-corrected chi connectivity index (χ1v) is 10.0. The van der Waals surface area contributed by atoms with Crippen LogP contribution in [0, 0.1) is 12.3 Å². The number of aromatic nitrogens is 1. The number of hydrogen-bond acceptors (Lipinski definition) is 7. The van der Waals surface area contributed by atoms with E-state index < -0.39 is 23.7 Å². The van der Waals surface area contributed by atoms with E-state index in [4.69, 9.17) is 5.41 Å². The number of aryl methyl sites for hydroxylation is 1. The van der Waals surface area contributed by atoms with Crippen LogP contribution < -0.4 is 10.6 Å². The van der Waals surface area contributed by atoms with Crippen LogP contribution >= 0.6 is 0 Å². The molecule has 0 bridgehead atoms. The molecule has 2 rings (SSSR count). The number of carbonyl (C=O) groups excluding carboxylic acids is 4. The third-order valence-corrected chi connectivity index (χ3v) is 4.36. The van der Waals surface area contributed by atoms with Crippen LogP contribution in [0.2, 0.25) is 0 Å². The normalized spacial score (nSPS) is 11.2. The number of nitrogens with zero attached hydrogens (tertiary/aromatic N) is 1. The van der Waals surface area contributed by atoms with E-state index in [1.807, 2.05) is 12.3 Å². The van der Waals surface area contributed by atoms with E-state index in [-0.39, 0.29) is 31.8 Å². The summed E-state index contributed by atoms with van der Waals surface area (Å²) in [5.74, 6) is -2.04. The Bertz CT molecular complexity index is 938. The summed E-state index contributed by atoms with van der Waals surface area (Å²) >= 11 is 0. The van der Waals surface area contributed by atoms with E-state index >= 15 is 0 Å². The molecule has 4 N–H and O–H groups in total. The Morgan fingerprint density at radius 3 is 2.47 bits per heavy atom. The Hall–Kier alpha value is -3.53. The predicted molar refractivity (Wildman–Crippen MR) is 122 cm³/mol. The monoisotopic (exact) mass is 445 g/mol. The SMILES string of the molecule is COC(=O)C(CCC(=O)C=N)NC(=O)CNC(=O)CN(C)C.Cc1c[nH]c2ccccc12. The standard InChI is InChI=1S/C13H22N4O5.C9H9N/c1-17(2)8-12(20)15-7-11(19)16-10(13(21)22-3)5-4-9(18)6-14;1-7-6-10-9-5-3-2-4-8(7)9/h6,10,14H,4-5,7-8H2,1-3H3,(H,15,20)(H,16,19);2-6,10H,1H3. The maximum Gasteiger partial charge on any atom is 0.328 e. The molecule has 0 aliphatic carbocycles. The fraction of sp³-hybridized carbons (Fsp3) is 0.409. The first-order valence-electron chi connectivity index (χ1n) is 10.0. The van der Waals surface area contributed by atoms with Gasteiger partial charge in [-0.05, 0) is 39.1 Å². The minimum Gasteiger partial charge on any atom is -0.467 e.